The van der Waals surface area contributed by atoms with Crippen molar-refractivity contribution >= 4 is 11.6 Å². The first-order valence-electron chi connectivity index (χ1n) is 6.20. The first kappa shape index (κ1) is 18.1. The lowest BCUT2D eigenvalue weighted by molar-refractivity contribution is -0.167. The van der Waals surface area contributed by atoms with Gasteiger partial charge in [-0.3, -0.25) is 0 Å². The van der Waals surface area contributed by atoms with Gasteiger partial charge in [-0.2, -0.15) is 8.78 Å². The first-order chi connectivity index (χ1) is 9.77. The van der Waals surface area contributed by atoms with Crippen LogP contribution >= 0.6 is 11.6 Å². The Bertz CT molecular complexity index is 458. The number of alkyl halides is 4. The molecule has 0 spiro atoms. The van der Waals surface area contributed by atoms with Crippen molar-refractivity contribution < 1.29 is 26.7 Å². The van der Waals surface area contributed by atoms with Crippen LogP contribution in [0.4, 0.5) is 22.0 Å². The Morgan fingerprint density at radius 1 is 1.33 bits per heavy atom. The molecule has 21 heavy (non-hydrogen) atoms. The van der Waals surface area contributed by atoms with Gasteiger partial charge in [-0.1, -0.05) is 18.5 Å². The number of likely N-dealkylation sites (N-methyl/N-ethyl adjacent to an activating group) is 1. The molecule has 1 unspecified atom stereocenters. The van der Waals surface area contributed by atoms with Crippen LogP contribution in [0.15, 0.2) is 18.2 Å². The molecule has 0 saturated carbocycles. The molecule has 0 aliphatic heterocycles. The van der Waals surface area contributed by atoms with Crippen LogP contribution in [0.5, 0.6) is 0 Å². The van der Waals surface area contributed by atoms with E-state index in [-0.39, 0.29) is 11.6 Å². The summed E-state index contributed by atoms with van der Waals surface area (Å²) < 4.78 is 67.4. The summed E-state index contributed by atoms with van der Waals surface area (Å²) >= 11 is 5.92. The topological polar surface area (TPSA) is 21.3 Å². The summed E-state index contributed by atoms with van der Waals surface area (Å²) in [6.07, 6.45) is -3.80. The number of halogens is 6. The van der Waals surface area contributed by atoms with E-state index < -0.39 is 30.8 Å². The van der Waals surface area contributed by atoms with Crippen LogP contribution in [0, 0.1) is 5.82 Å². The van der Waals surface area contributed by atoms with Gasteiger partial charge in [0.1, 0.15) is 12.4 Å². The molecule has 0 aliphatic carbocycles. The molecule has 0 fully saturated rings. The van der Waals surface area contributed by atoms with E-state index in [1.54, 1.807) is 6.92 Å². The molecule has 2 nitrogen and oxygen atoms in total. The summed E-state index contributed by atoms with van der Waals surface area (Å²) in [4.78, 5) is 0. The van der Waals surface area contributed by atoms with Gasteiger partial charge >= 0.3 is 12.3 Å². The van der Waals surface area contributed by atoms with E-state index >= 15 is 0 Å². The van der Waals surface area contributed by atoms with Gasteiger partial charge < -0.3 is 10.1 Å². The predicted molar refractivity (Wildman–Crippen MR) is 69.6 cm³/mol. The molecule has 0 aromatic heterocycles. The number of ether oxygens (including phenoxy) is 1. The minimum atomic E-state index is -4.22. The maximum atomic E-state index is 13.2. The lowest BCUT2D eigenvalue weighted by Crippen LogP contribution is -2.34. The first-order valence-corrected chi connectivity index (χ1v) is 6.57. The zero-order valence-corrected chi connectivity index (χ0v) is 11.9. The van der Waals surface area contributed by atoms with Crippen LogP contribution in [-0.4, -0.2) is 32.1 Å². The quantitative estimate of drug-likeness (QED) is 0.726. The Morgan fingerprint density at radius 2 is 2.00 bits per heavy atom. The predicted octanol–water partition coefficient (Wildman–Crippen LogP) is 4.05. The molecule has 8 heteroatoms. The van der Waals surface area contributed by atoms with Crippen molar-refractivity contribution in [3.63, 3.8) is 0 Å². The zero-order valence-electron chi connectivity index (χ0n) is 11.2. The maximum Gasteiger partial charge on any atom is 0.330 e. The third-order valence-corrected chi connectivity index (χ3v) is 3.03. The van der Waals surface area contributed by atoms with Gasteiger partial charge in [0.15, 0.2) is 0 Å². The molecule has 0 aliphatic rings. The molecule has 0 radical (unpaired) electrons. The van der Waals surface area contributed by atoms with Crippen molar-refractivity contribution in [2.24, 2.45) is 0 Å². The van der Waals surface area contributed by atoms with E-state index in [1.807, 2.05) is 0 Å². The summed E-state index contributed by atoms with van der Waals surface area (Å²) in [6.45, 7) is 0.429. The van der Waals surface area contributed by atoms with Gasteiger partial charge in [-0.25, -0.2) is 13.2 Å². The second kappa shape index (κ2) is 7.91. The number of benzene rings is 1. The Kier molecular flexibility index (Phi) is 6.83. The van der Waals surface area contributed by atoms with Crippen molar-refractivity contribution in [2.45, 2.75) is 25.3 Å². The van der Waals surface area contributed by atoms with Crippen LogP contribution in [0.3, 0.4) is 0 Å². The minimum absolute atomic E-state index is 0.228. The molecule has 1 atom stereocenters. The van der Waals surface area contributed by atoms with E-state index in [9.17, 15) is 22.0 Å². The van der Waals surface area contributed by atoms with Gasteiger partial charge in [0.05, 0.1) is 12.6 Å². The highest BCUT2D eigenvalue weighted by atomic mass is 35.5. The van der Waals surface area contributed by atoms with Crippen molar-refractivity contribution in [3.05, 3.63) is 34.6 Å². The molecule has 0 bridgehead atoms. The van der Waals surface area contributed by atoms with Crippen LogP contribution in [-0.2, 0) is 4.74 Å². The fourth-order valence-corrected chi connectivity index (χ4v) is 1.91. The SMILES string of the molecule is CCNC(COCC(F)(F)C(F)F)c1cc(F)ccc1Cl. The molecule has 120 valence electrons. The smallest absolute Gasteiger partial charge is 0.330 e. The normalized spacial score (nSPS) is 13.7. The monoisotopic (exact) mass is 331 g/mol. The lowest BCUT2D eigenvalue weighted by atomic mass is 10.1. The largest absolute Gasteiger partial charge is 0.373 e. The molecule has 0 saturated heterocycles. The fraction of sp³-hybridized carbons (Fsp3) is 0.538. The van der Waals surface area contributed by atoms with Gasteiger partial charge in [-0.05, 0) is 30.3 Å². The van der Waals surface area contributed by atoms with E-state index in [1.165, 1.54) is 6.07 Å². The summed E-state index contributed by atoms with van der Waals surface area (Å²) in [6, 6.07) is 2.95. The zero-order chi connectivity index (χ0) is 16.0. The fourth-order valence-electron chi connectivity index (χ4n) is 1.66. The van der Waals surface area contributed by atoms with Crippen molar-refractivity contribution in [1.29, 1.82) is 0 Å². The van der Waals surface area contributed by atoms with E-state index in [0.717, 1.165) is 12.1 Å². The van der Waals surface area contributed by atoms with E-state index in [0.29, 0.717) is 12.1 Å². The molecular weight excluding hydrogens is 317 g/mol. The maximum absolute atomic E-state index is 13.2. The van der Waals surface area contributed by atoms with Gasteiger partial charge in [-0.15, -0.1) is 0 Å². The van der Waals surface area contributed by atoms with Crippen molar-refractivity contribution in [3.8, 4) is 0 Å². The Balaban J connectivity index is 2.72. The molecule has 1 aromatic rings. The number of hydrogen-bond donors (Lipinski definition) is 1. The Morgan fingerprint density at radius 3 is 2.57 bits per heavy atom. The average Bonchev–Trinajstić information content (AvgIpc) is 2.40. The number of rotatable bonds is 8. The van der Waals surface area contributed by atoms with Crippen molar-refractivity contribution in [2.75, 3.05) is 19.8 Å². The third kappa shape index (κ3) is 5.41. The molecule has 1 N–H and O–H groups in total. The average molecular weight is 332 g/mol. The van der Waals surface area contributed by atoms with Crippen LogP contribution < -0.4 is 5.32 Å². The van der Waals surface area contributed by atoms with Gasteiger partial charge in [0.25, 0.3) is 0 Å². The molecule has 0 heterocycles. The molecule has 1 aromatic carbocycles. The molecular formula is C13H15ClF5NO. The second-order valence-corrected chi connectivity index (χ2v) is 4.76. The summed E-state index contributed by atoms with van der Waals surface area (Å²) in [5, 5.41) is 3.10. The highest BCUT2D eigenvalue weighted by Gasteiger charge is 2.41. The van der Waals surface area contributed by atoms with Gasteiger partial charge in [0, 0.05) is 5.02 Å². The Hall–Kier alpha value is -0.920. The van der Waals surface area contributed by atoms with E-state index in [4.69, 9.17) is 11.6 Å². The van der Waals surface area contributed by atoms with Crippen LogP contribution in [0.25, 0.3) is 0 Å². The van der Waals surface area contributed by atoms with E-state index in [2.05, 4.69) is 10.1 Å². The minimum Gasteiger partial charge on any atom is -0.373 e. The van der Waals surface area contributed by atoms with Gasteiger partial charge in [0.2, 0.25) is 0 Å². The van der Waals surface area contributed by atoms with Crippen molar-refractivity contribution in [1.82, 2.24) is 5.32 Å². The lowest BCUT2D eigenvalue weighted by Gasteiger charge is -2.21. The molecule has 0 amide bonds. The molecule has 1 rings (SSSR count). The summed E-state index contributed by atoms with van der Waals surface area (Å²) in [5.74, 6) is -4.77. The highest BCUT2D eigenvalue weighted by molar-refractivity contribution is 6.31. The summed E-state index contributed by atoms with van der Waals surface area (Å²) in [5.41, 5.74) is 0.318. The van der Waals surface area contributed by atoms with Crippen LogP contribution in [0.2, 0.25) is 5.02 Å². The Labute approximate surface area is 124 Å². The summed E-state index contributed by atoms with van der Waals surface area (Å²) in [7, 11) is 0. The second-order valence-electron chi connectivity index (χ2n) is 4.35. The highest BCUT2D eigenvalue weighted by Crippen LogP contribution is 2.26. The number of hydrogen-bond acceptors (Lipinski definition) is 2. The standard InChI is InChI=1S/C13H15ClF5NO/c1-2-20-11(6-21-7-13(18,19)12(16)17)9-5-8(15)3-4-10(9)14/h3-5,11-12,20H,2,6-7H2,1H3. The number of nitrogens with one attached hydrogen (secondary N) is 1. The third-order valence-electron chi connectivity index (χ3n) is 2.68. The van der Waals surface area contributed by atoms with Crippen LogP contribution in [0.1, 0.15) is 18.5 Å².